The third-order valence-corrected chi connectivity index (χ3v) is 11.7. The van der Waals surface area contributed by atoms with Crippen LogP contribution in [-0.2, 0) is 0 Å². The van der Waals surface area contributed by atoms with Crippen LogP contribution in [0.2, 0.25) is 12.1 Å². The van der Waals surface area contributed by atoms with Gasteiger partial charge in [0.15, 0.2) is 5.82 Å². The van der Waals surface area contributed by atoms with Crippen LogP contribution in [0, 0.1) is 0 Å². The number of allylic oxidation sites excluding steroid dienone is 13. The first kappa shape index (κ1) is 40.5. The van der Waals surface area contributed by atoms with Gasteiger partial charge in [-0.3, -0.25) is 4.57 Å². The van der Waals surface area contributed by atoms with Crippen molar-refractivity contribution in [2.75, 3.05) is 0 Å². The van der Waals surface area contributed by atoms with Crippen LogP contribution < -0.4 is 0 Å². The summed E-state index contributed by atoms with van der Waals surface area (Å²) in [5, 5.41) is 15.3. The predicted octanol–water partition coefficient (Wildman–Crippen LogP) is 7.03. The highest BCUT2D eigenvalue weighted by molar-refractivity contribution is 6.47. The number of fused-ring (bicyclic) bond motifs is 7. The minimum Gasteiger partial charge on any atom is -0.512 e. The molecule has 0 aliphatic heterocycles. The molecule has 3 aromatic heterocycles. The van der Waals surface area contributed by atoms with Crippen molar-refractivity contribution in [3.8, 4) is 5.95 Å². The molecule has 15 heteroatoms. The molecule has 2 unspecified atom stereocenters. The molecule has 0 spiro atoms. The first-order valence-electron chi connectivity index (χ1n) is 19.7. The number of aromatic nitrogens is 5. The summed E-state index contributed by atoms with van der Waals surface area (Å²) in [5.74, 6) is -2.25. The average molecular weight is 764 g/mol. The lowest BCUT2D eigenvalue weighted by atomic mass is 9.49. The lowest BCUT2D eigenvalue weighted by Crippen LogP contribution is -2.25. The van der Waals surface area contributed by atoms with Gasteiger partial charge in [0.2, 0.25) is 5.95 Å². The van der Waals surface area contributed by atoms with Crippen LogP contribution in [0.5, 0.6) is 0 Å². The summed E-state index contributed by atoms with van der Waals surface area (Å²) < 4.78 is 4.34. The van der Waals surface area contributed by atoms with Gasteiger partial charge in [0.25, 0.3) is 0 Å². The normalized spacial score (nSPS) is 18.1. The Bertz CT molecular complexity index is 3210. The van der Waals surface area contributed by atoms with Crippen LogP contribution in [0.1, 0.15) is 36.0 Å². The standard InChI is InChI=1S/C46H28B9N5O/c1-22(48)36(49)37(50)34(32(61)21-47)44-56-45(35-38(51)40(53)42(55)41(54)39(35)52)58-46(57-44)60-29-17-9-6-14-25(29)26-19-20-31-33(43(26)60)27-15-7-10-18-30(27)59(31)28-16-8-5-13-24(28)23-11-3-2-4-12-23/h2-7,9-15,17-20,35,38,61H,1,8,16,21H2/b34-32-,37-36-. The van der Waals surface area contributed by atoms with Gasteiger partial charge in [0.05, 0.1) is 43.5 Å². The highest BCUT2D eigenvalue weighted by Gasteiger charge is 2.32. The van der Waals surface area contributed by atoms with Crippen LogP contribution in [0.15, 0.2) is 154 Å². The molecular formula is C46H28B9N5O. The Hall–Kier alpha value is -5.95. The van der Waals surface area contributed by atoms with Gasteiger partial charge in [0, 0.05) is 44.3 Å². The van der Waals surface area contributed by atoms with Crippen molar-refractivity contribution in [3.63, 3.8) is 0 Å². The molecule has 1 N–H and O–H groups in total. The van der Waals surface area contributed by atoms with Crippen molar-refractivity contribution in [3.05, 3.63) is 171 Å². The molecule has 2 aliphatic carbocycles. The van der Waals surface area contributed by atoms with Gasteiger partial charge in [0.1, 0.15) is 60.7 Å². The second-order valence-electron chi connectivity index (χ2n) is 15.2. The summed E-state index contributed by atoms with van der Waals surface area (Å²) in [7, 11) is 57.5. The SMILES string of the molecule is [B]C/C(O)=C(\C([B])=C(\[B])C([B])=C)c1nc(C2C([B])=C([B])C([B])=C([B])C2[B])nc(-n2c3ccccc3c3ccc4c(c5ccccc5n4C4=C(c5ccccc5)C=CCC4)c32)n1. The Morgan fingerprint density at radius 3 is 2.08 bits per heavy atom. The van der Waals surface area contributed by atoms with E-state index in [0.717, 1.165) is 67.6 Å². The molecule has 4 aromatic carbocycles. The monoisotopic (exact) mass is 765 g/mol. The first-order chi connectivity index (χ1) is 29.4. The molecule has 0 saturated heterocycles. The minimum atomic E-state index is -0.993. The largest absolute Gasteiger partial charge is 0.512 e. The zero-order valence-electron chi connectivity index (χ0n) is 33.2. The second kappa shape index (κ2) is 15.8. The number of hydrogen-bond acceptors (Lipinski definition) is 4. The van der Waals surface area contributed by atoms with Gasteiger partial charge in [-0.05, 0) is 42.9 Å². The van der Waals surface area contributed by atoms with Gasteiger partial charge in [-0.1, -0.05) is 96.2 Å². The van der Waals surface area contributed by atoms with Crippen molar-refractivity contribution < 1.29 is 5.11 Å². The maximum Gasteiger partial charge on any atom is 0.238 e. The molecule has 0 fully saturated rings. The Morgan fingerprint density at radius 2 is 1.38 bits per heavy atom. The van der Waals surface area contributed by atoms with Crippen LogP contribution >= 0.6 is 0 Å². The van der Waals surface area contributed by atoms with E-state index in [-0.39, 0.29) is 73.6 Å². The number of para-hydroxylation sites is 2. The van der Waals surface area contributed by atoms with E-state index in [1.165, 1.54) is 5.70 Å². The lowest BCUT2D eigenvalue weighted by Gasteiger charge is -2.35. The quantitative estimate of drug-likeness (QED) is 0.103. The number of aliphatic hydroxyl groups is 1. The van der Waals surface area contributed by atoms with Crippen molar-refractivity contribution in [1.29, 1.82) is 0 Å². The smallest absolute Gasteiger partial charge is 0.238 e. The highest BCUT2D eigenvalue weighted by Crippen LogP contribution is 2.46. The Morgan fingerprint density at radius 1 is 0.721 bits per heavy atom. The van der Waals surface area contributed by atoms with E-state index in [9.17, 15) is 5.11 Å². The average Bonchev–Trinajstić information content (AvgIpc) is 3.80. The highest BCUT2D eigenvalue weighted by atomic mass is 16.3. The number of hydrogen-bond donors (Lipinski definition) is 1. The van der Waals surface area contributed by atoms with E-state index in [1.54, 1.807) is 0 Å². The van der Waals surface area contributed by atoms with Crippen LogP contribution in [-0.4, -0.2) is 99.8 Å². The fourth-order valence-corrected chi connectivity index (χ4v) is 8.65. The third-order valence-electron chi connectivity index (χ3n) is 11.7. The first-order valence-corrected chi connectivity index (χ1v) is 19.7. The molecule has 7 aromatic rings. The van der Waals surface area contributed by atoms with Gasteiger partial charge in [-0.2, -0.15) is 9.97 Å². The van der Waals surface area contributed by atoms with Crippen LogP contribution in [0.4, 0.5) is 0 Å². The zero-order chi connectivity index (χ0) is 42.9. The van der Waals surface area contributed by atoms with Gasteiger partial charge in [-0.15, -0.1) is 39.4 Å². The van der Waals surface area contributed by atoms with E-state index in [2.05, 4.69) is 84.0 Å². The van der Waals surface area contributed by atoms with Gasteiger partial charge >= 0.3 is 0 Å². The molecule has 2 atom stereocenters. The Kier molecular flexibility index (Phi) is 10.5. The second-order valence-corrected chi connectivity index (χ2v) is 15.2. The van der Waals surface area contributed by atoms with Crippen molar-refractivity contribution in [1.82, 2.24) is 24.1 Å². The topological polar surface area (TPSA) is 68.8 Å². The number of aliphatic hydroxyl groups excluding tert-OH is 1. The summed E-state index contributed by atoms with van der Waals surface area (Å²) in [5.41, 5.74) is 6.99. The molecule has 6 nitrogen and oxygen atoms in total. The molecule has 0 bridgehead atoms. The zero-order valence-corrected chi connectivity index (χ0v) is 33.2. The van der Waals surface area contributed by atoms with E-state index >= 15 is 0 Å². The summed E-state index contributed by atoms with van der Waals surface area (Å²) >= 11 is 0. The van der Waals surface area contributed by atoms with E-state index in [4.69, 9.17) is 85.6 Å². The van der Waals surface area contributed by atoms with E-state index in [1.807, 2.05) is 34.9 Å². The maximum atomic E-state index is 11.4. The molecule has 18 radical (unpaired) electrons. The molecule has 2 aliphatic rings. The molecule has 9 rings (SSSR count). The maximum absolute atomic E-state index is 11.4. The number of nitrogens with zero attached hydrogens (tertiary/aromatic N) is 5. The Balaban J connectivity index is 1.44. The third kappa shape index (κ3) is 6.51. The Labute approximate surface area is 366 Å². The molecule has 0 amide bonds. The van der Waals surface area contributed by atoms with Gasteiger partial charge in [-0.25, -0.2) is 4.98 Å². The van der Waals surface area contributed by atoms with Crippen molar-refractivity contribution in [2.24, 2.45) is 0 Å². The van der Waals surface area contributed by atoms with E-state index < -0.39 is 11.7 Å². The summed E-state index contributed by atoms with van der Waals surface area (Å²) in [4.78, 5) is 15.0. The minimum absolute atomic E-state index is 0.0443. The predicted molar refractivity (Wildman–Crippen MR) is 258 cm³/mol. The molecule has 0 saturated carbocycles. The lowest BCUT2D eigenvalue weighted by molar-refractivity contribution is 0.417. The van der Waals surface area contributed by atoms with Gasteiger partial charge < -0.3 is 9.67 Å². The van der Waals surface area contributed by atoms with Crippen molar-refractivity contribution in [2.45, 2.75) is 30.9 Å². The molecule has 3 heterocycles. The molecule has 61 heavy (non-hydrogen) atoms. The molecule has 270 valence electrons. The van der Waals surface area contributed by atoms with E-state index in [0.29, 0.717) is 0 Å². The van der Waals surface area contributed by atoms with Crippen LogP contribution in [0.3, 0.4) is 0 Å². The summed E-state index contributed by atoms with van der Waals surface area (Å²) in [6, 6.07) is 31.1. The fourth-order valence-electron chi connectivity index (χ4n) is 8.65. The summed E-state index contributed by atoms with van der Waals surface area (Å²) in [6.45, 7) is 3.74. The van der Waals surface area contributed by atoms with Crippen LogP contribution in [0.25, 0.3) is 66.4 Å². The fraction of sp³-hybridized carbons (Fsp3) is 0.109. The number of benzene rings is 4. The van der Waals surface area contributed by atoms with Crippen molar-refractivity contribution >= 4 is 131 Å². The summed E-state index contributed by atoms with van der Waals surface area (Å²) in [6.07, 6.45) is 5.80. The molecular weight excluding hydrogens is 736 g/mol. The number of rotatable bonds is 8.